The molecule has 122 valence electrons. The third-order valence-corrected chi connectivity index (χ3v) is 4.69. The third kappa shape index (κ3) is 2.57. The van der Waals surface area contributed by atoms with Crippen molar-refractivity contribution in [2.45, 2.75) is 32.5 Å². The lowest BCUT2D eigenvalue weighted by Gasteiger charge is -2.20. The Morgan fingerprint density at radius 1 is 1.33 bits per heavy atom. The lowest BCUT2D eigenvalue weighted by molar-refractivity contribution is -0.133. The van der Waals surface area contributed by atoms with Gasteiger partial charge in [0.05, 0.1) is 6.04 Å². The van der Waals surface area contributed by atoms with Gasteiger partial charge in [0, 0.05) is 42.1 Å². The average Bonchev–Trinajstić information content (AvgIpc) is 3.18. The maximum Gasteiger partial charge on any atom is 0.240 e. The Hall–Kier alpha value is -2.66. The van der Waals surface area contributed by atoms with E-state index in [-0.39, 0.29) is 5.91 Å². The van der Waals surface area contributed by atoms with Crippen LogP contribution in [0.1, 0.15) is 22.4 Å². The number of hydrogen-bond acceptors (Lipinski definition) is 3. The van der Waals surface area contributed by atoms with Crippen molar-refractivity contribution in [2.75, 3.05) is 0 Å². The Labute approximate surface area is 140 Å². The van der Waals surface area contributed by atoms with Gasteiger partial charge in [-0.15, -0.1) is 0 Å². The fourth-order valence-corrected chi connectivity index (χ4v) is 3.42. The first-order valence-electron chi connectivity index (χ1n) is 8.15. The van der Waals surface area contributed by atoms with Crippen LogP contribution in [0, 0.1) is 6.92 Å². The van der Waals surface area contributed by atoms with Gasteiger partial charge in [-0.05, 0) is 42.2 Å². The van der Waals surface area contributed by atoms with Crippen LogP contribution in [0.15, 0.2) is 42.7 Å². The minimum absolute atomic E-state index is 0.00543. The van der Waals surface area contributed by atoms with E-state index in [1.165, 1.54) is 5.56 Å². The van der Waals surface area contributed by atoms with Gasteiger partial charge in [0.15, 0.2) is 0 Å². The zero-order chi connectivity index (χ0) is 16.7. The van der Waals surface area contributed by atoms with Gasteiger partial charge >= 0.3 is 0 Å². The number of aryl methyl sites for hydroxylation is 1. The largest absolute Gasteiger partial charge is 0.361 e. The van der Waals surface area contributed by atoms with E-state index >= 15 is 0 Å². The first kappa shape index (κ1) is 14.9. The van der Waals surface area contributed by atoms with Crippen molar-refractivity contribution < 1.29 is 4.79 Å². The highest BCUT2D eigenvalue weighted by Crippen LogP contribution is 2.24. The quantitative estimate of drug-likeness (QED) is 0.777. The summed E-state index contributed by atoms with van der Waals surface area (Å²) >= 11 is 0. The van der Waals surface area contributed by atoms with Crippen LogP contribution >= 0.6 is 0 Å². The zero-order valence-electron chi connectivity index (χ0n) is 13.6. The second-order valence-corrected chi connectivity index (χ2v) is 6.46. The number of nitrogens with two attached hydrogens (primary N) is 1. The molecule has 2 aromatic heterocycles. The molecule has 5 nitrogen and oxygen atoms in total. The fourth-order valence-electron chi connectivity index (χ4n) is 3.42. The summed E-state index contributed by atoms with van der Waals surface area (Å²) < 4.78 is 0. The van der Waals surface area contributed by atoms with Gasteiger partial charge in [-0.2, -0.15) is 0 Å². The van der Waals surface area contributed by atoms with Gasteiger partial charge in [-0.3, -0.25) is 9.78 Å². The summed E-state index contributed by atoms with van der Waals surface area (Å²) in [6.45, 7) is 3.19. The molecular weight excluding hydrogens is 300 g/mol. The molecule has 0 aliphatic carbocycles. The van der Waals surface area contributed by atoms with Crippen LogP contribution in [0.25, 0.3) is 10.9 Å². The molecule has 0 radical (unpaired) electrons. The number of nitrogens with zero attached hydrogens (tertiary/aromatic N) is 2. The van der Waals surface area contributed by atoms with E-state index in [2.05, 4.69) is 16.0 Å². The van der Waals surface area contributed by atoms with Crippen molar-refractivity contribution in [1.82, 2.24) is 14.9 Å². The lowest BCUT2D eigenvalue weighted by atomic mass is 10.0. The summed E-state index contributed by atoms with van der Waals surface area (Å²) in [6, 6.07) is 9.59. The molecule has 0 unspecified atom stereocenters. The van der Waals surface area contributed by atoms with Gasteiger partial charge in [-0.25, -0.2) is 0 Å². The van der Waals surface area contributed by atoms with Gasteiger partial charge in [-0.1, -0.05) is 18.2 Å². The van der Waals surface area contributed by atoms with Crippen molar-refractivity contribution in [3.05, 3.63) is 65.1 Å². The van der Waals surface area contributed by atoms with Crippen LogP contribution < -0.4 is 5.73 Å². The number of fused-ring (bicyclic) bond motifs is 2. The van der Waals surface area contributed by atoms with Crippen molar-refractivity contribution in [1.29, 1.82) is 0 Å². The molecule has 0 bridgehead atoms. The number of benzene rings is 1. The molecule has 3 heterocycles. The average molecular weight is 320 g/mol. The molecule has 0 saturated carbocycles. The van der Waals surface area contributed by atoms with E-state index < -0.39 is 6.04 Å². The number of aromatic amines is 1. The Morgan fingerprint density at radius 3 is 3.00 bits per heavy atom. The smallest absolute Gasteiger partial charge is 0.240 e. The number of para-hydroxylation sites is 1. The molecule has 1 aliphatic heterocycles. The van der Waals surface area contributed by atoms with Gasteiger partial charge in [0.2, 0.25) is 5.91 Å². The topological polar surface area (TPSA) is 75.0 Å². The number of carbonyl (C=O) groups excluding carboxylic acids is 1. The molecule has 4 rings (SSSR count). The highest BCUT2D eigenvalue weighted by molar-refractivity contribution is 5.86. The number of H-pyrrole nitrogens is 1. The summed E-state index contributed by atoms with van der Waals surface area (Å²) in [7, 11) is 0. The molecule has 1 aromatic carbocycles. The van der Waals surface area contributed by atoms with E-state index in [1.54, 1.807) is 0 Å². The highest BCUT2D eigenvalue weighted by atomic mass is 16.2. The minimum atomic E-state index is -0.535. The summed E-state index contributed by atoms with van der Waals surface area (Å²) in [5, 5.41) is 1.13. The number of amides is 1. The van der Waals surface area contributed by atoms with Crippen LogP contribution in [-0.2, 0) is 24.3 Å². The second kappa shape index (κ2) is 5.76. The molecule has 3 aromatic rings. The molecular formula is C19H20N4O. The molecule has 1 atom stereocenters. The summed E-state index contributed by atoms with van der Waals surface area (Å²) in [5.74, 6) is -0.00543. The van der Waals surface area contributed by atoms with E-state index in [9.17, 15) is 4.79 Å². The number of nitrogens with one attached hydrogen (secondary N) is 1. The van der Waals surface area contributed by atoms with Gasteiger partial charge in [0.1, 0.15) is 0 Å². The number of hydrogen-bond donors (Lipinski definition) is 2. The van der Waals surface area contributed by atoms with Crippen molar-refractivity contribution in [3.63, 3.8) is 0 Å². The summed E-state index contributed by atoms with van der Waals surface area (Å²) in [6.07, 6.45) is 4.35. The molecule has 0 saturated heterocycles. The maximum atomic E-state index is 12.7. The lowest BCUT2D eigenvalue weighted by Crippen LogP contribution is -2.42. The number of pyridine rings is 1. The van der Waals surface area contributed by atoms with Crippen LogP contribution in [0.5, 0.6) is 0 Å². The van der Waals surface area contributed by atoms with Gasteiger partial charge < -0.3 is 15.6 Å². The predicted octanol–water partition coefficient (Wildman–Crippen LogP) is 2.28. The number of carbonyl (C=O) groups is 1. The molecule has 3 N–H and O–H groups in total. The standard InChI is InChI=1S/C19H20N4O/c1-12-6-14-10-23(11-15(14)9-21-12)19(24)17(20)7-13-8-22-18-5-3-2-4-16(13)18/h2-6,8-9,17,22H,7,10-11,20H2,1H3/t17-/m1/s1. The van der Waals surface area contributed by atoms with E-state index in [0.717, 1.165) is 27.7 Å². The minimum Gasteiger partial charge on any atom is -0.361 e. The first-order chi connectivity index (χ1) is 11.6. The Bertz CT molecular complexity index is 915. The molecule has 0 fully saturated rings. The van der Waals surface area contributed by atoms with Gasteiger partial charge in [0.25, 0.3) is 0 Å². The van der Waals surface area contributed by atoms with Crippen molar-refractivity contribution in [3.8, 4) is 0 Å². The second-order valence-electron chi connectivity index (χ2n) is 6.46. The van der Waals surface area contributed by atoms with Crippen molar-refractivity contribution in [2.24, 2.45) is 5.73 Å². The molecule has 1 aliphatic rings. The van der Waals surface area contributed by atoms with Crippen LogP contribution in [-0.4, -0.2) is 26.8 Å². The molecule has 1 amide bonds. The summed E-state index contributed by atoms with van der Waals surface area (Å²) in [5.41, 5.74) is 11.7. The van der Waals surface area contributed by atoms with E-state index in [0.29, 0.717) is 19.5 Å². The Balaban J connectivity index is 1.49. The maximum absolute atomic E-state index is 12.7. The Kier molecular flexibility index (Phi) is 3.58. The number of rotatable bonds is 3. The highest BCUT2D eigenvalue weighted by Gasteiger charge is 2.28. The van der Waals surface area contributed by atoms with Crippen LogP contribution in [0.4, 0.5) is 0 Å². The van der Waals surface area contributed by atoms with E-state index in [1.807, 2.05) is 48.5 Å². The third-order valence-electron chi connectivity index (χ3n) is 4.69. The normalized spacial score (nSPS) is 14.8. The first-order valence-corrected chi connectivity index (χ1v) is 8.15. The molecule has 5 heteroatoms. The SMILES string of the molecule is Cc1cc2c(cn1)CN(C(=O)[C@H](N)Cc1c[nH]c3ccccc13)C2. The summed E-state index contributed by atoms with van der Waals surface area (Å²) in [4.78, 5) is 22.1. The molecule has 0 spiro atoms. The van der Waals surface area contributed by atoms with Crippen molar-refractivity contribution >= 4 is 16.8 Å². The van der Waals surface area contributed by atoms with Crippen LogP contribution in [0.2, 0.25) is 0 Å². The predicted molar refractivity (Wildman–Crippen MR) is 93.2 cm³/mol. The Morgan fingerprint density at radius 2 is 2.12 bits per heavy atom. The fraction of sp³-hybridized carbons (Fsp3) is 0.263. The zero-order valence-corrected chi connectivity index (χ0v) is 13.6. The molecule has 24 heavy (non-hydrogen) atoms. The van der Waals surface area contributed by atoms with Crippen LogP contribution in [0.3, 0.4) is 0 Å². The number of aromatic nitrogens is 2. The monoisotopic (exact) mass is 320 g/mol. The van der Waals surface area contributed by atoms with E-state index in [4.69, 9.17) is 5.73 Å².